The van der Waals surface area contributed by atoms with Crippen LogP contribution in [0.15, 0.2) is 24.3 Å². The Morgan fingerprint density at radius 2 is 2.16 bits per heavy atom. The first-order valence-corrected chi connectivity index (χ1v) is 7.10. The van der Waals surface area contributed by atoms with Gasteiger partial charge in [-0.2, -0.15) is 0 Å². The molecule has 0 aliphatic carbocycles. The number of rotatable bonds is 2. The van der Waals surface area contributed by atoms with E-state index < -0.39 is 0 Å². The van der Waals surface area contributed by atoms with Crippen LogP contribution >= 0.6 is 22.9 Å². The van der Waals surface area contributed by atoms with Gasteiger partial charge in [0.05, 0.1) is 4.88 Å². The first-order valence-electron chi connectivity index (χ1n) is 5.91. The Labute approximate surface area is 119 Å². The summed E-state index contributed by atoms with van der Waals surface area (Å²) in [7, 11) is 1.82. The van der Waals surface area contributed by atoms with E-state index in [2.05, 4.69) is 15.6 Å². The average Bonchev–Trinajstić information content (AvgIpc) is 2.81. The number of benzene rings is 1. The molecule has 0 spiro atoms. The van der Waals surface area contributed by atoms with Gasteiger partial charge in [0.1, 0.15) is 5.82 Å². The topological polar surface area (TPSA) is 54.0 Å². The fourth-order valence-corrected chi connectivity index (χ4v) is 3.32. The lowest BCUT2D eigenvalue weighted by Gasteiger charge is -2.21. The Morgan fingerprint density at radius 1 is 1.42 bits per heavy atom. The molecule has 1 amide bonds. The standard InChI is InChI=1S/C13H12ClN3OS/c1-15-13-17-12-11(19-13)9(6-10(18)16-12)7-2-4-8(14)5-3-7/h2-5,9H,6H2,1H3,(H,15,17)(H,16,18). The zero-order chi connectivity index (χ0) is 13.4. The van der Waals surface area contributed by atoms with Crippen LogP contribution in [-0.4, -0.2) is 17.9 Å². The molecule has 4 nitrogen and oxygen atoms in total. The minimum atomic E-state index is 0.000373. The third-order valence-corrected chi connectivity index (χ3v) is 4.54. The maximum Gasteiger partial charge on any atom is 0.226 e. The Balaban J connectivity index is 2.05. The number of anilines is 2. The second kappa shape index (κ2) is 4.83. The van der Waals surface area contributed by atoms with E-state index >= 15 is 0 Å². The molecule has 0 radical (unpaired) electrons. The zero-order valence-corrected chi connectivity index (χ0v) is 11.8. The van der Waals surface area contributed by atoms with Crippen LogP contribution in [0.1, 0.15) is 22.8 Å². The molecule has 0 saturated carbocycles. The van der Waals surface area contributed by atoms with Gasteiger partial charge < -0.3 is 10.6 Å². The van der Waals surface area contributed by atoms with Crippen LogP contribution in [-0.2, 0) is 4.79 Å². The summed E-state index contributed by atoms with van der Waals surface area (Å²) >= 11 is 7.48. The number of fused-ring (bicyclic) bond motifs is 1. The summed E-state index contributed by atoms with van der Waals surface area (Å²) in [5, 5.41) is 7.34. The predicted octanol–water partition coefficient (Wildman–Crippen LogP) is 3.31. The maximum atomic E-state index is 11.8. The van der Waals surface area contributed by atoms with Crippen molar-refractivity contribution in [3.8, 4) is 0 Å². The van der Waals surface area contributed by atoms with Crippen LogP contribution in [0.4, 0.5) is 10.9 Å². The Kier molecular flexibility index (Phi) is 3.16. The molecule has 2 aromatic rings. The minimum Gasteiger partial charge on any atom is -0.365 e. The van der Waals surface area contributed by atoms with Crippen molar-refractivity contribution in [2.24, 2.45) is 0 Å². The van der Waals surface area contributed by atoms with Crippen LogP contribution in [0.2, 0.25) is 5.02 Å². The molecule has 1 unspecified atom stereocenters. The summed E-state index contributed by atoms with van der Waals surface area (Å²) in [6, 6.07) is 7.63. The number of nitrogens with zero attached hydrogens (tertiary/aromatic N) is 1. The lowest BCUT2D eigenvalue weighted by molar-refractivity contribution is -0.116. The Hall–Kier alpha value is -1.59. The highest BCUT2D eigenvalue weighted by molar-refractivity contribution is 7.16. The van der Waals surface area contributed by atoms with Crippen LogP contribution < -0.4 is 10.6 Å². The molecule has 0 saturated heterocycles. The van der Waals surface area contributed by atoms with Gasteiger partial charge in [0.2, 0.25) is 5.91 Å². The predicted molar refractivity (Wildman–Crippen MR) is 78.2 cm³/mol. The Bertz CT molecular complexity index is 623. The van der Waals surface area contributed by atoms with Crippen LogP contribution in [0, 0.1) is 0 Å². The number of carbonyl (C=O) groups excluding carboxylic acids is 1. The molecule has 6 heteroatoms. The van der Waals surface area contributed by atoms with Gasteiger partial charge in [0, 0.05) is 24.4 Å². The first-order chi connectivity index (χ1) is 9.17. The number of aromatic nitrogens is 1. The minimum absolute atomic E-state index is 0.000373. The van der Waals surface area contributed by atoms with Crippen molar-refractivity contribution < 1.29 is 4.79 Å². The summed E-state index contributed by atoms with van der Waals surface area (Å²) in [4.78, 5) is 17.2. The molecule has 19 heavy (non-hydrogen) atoms. The van der Waals surface area contributed by atoms with E-state index in [1.54, 1.807) is 11.3 Å². The first kappa shape index (κ1) is 12.4. The number of nitrogens with one attached hydrogen (secondary N) is 2. The van der Waals surface area contributed by atoms with Gasteiger partial charge in [0.25, 0.3) is 0 Å². The van der Waals surface area contributed by atoms with E-state index in [9.17, 15) is 4.79 Å². The molecule has 0 fully saturated rings. The fourth-order valence-electron chi connectivity index (χ4n) is 2.19. The molecule has 3 rings (SSSR count). The number of thiazole rings is 1. The largest absolute Gasteiger partial charge is 0.365 e. The van der Waals surface area contributed by atoms with Crippen molar-refractivity contribution in [1.29, 1.82) is 0 Å². The fraction of sp³-hybridized carbons (Fsp3) is 0.231. The van der Waals surface area contributed by atoms with Gasteiger partial charge in [-0.15, -0.1) is 0 Å². The molecule has 1 aromatic carbocycles. The quantitative estimate of drug-likeness (QED) is 0.893. The van der Waals surface area contributed by atoms with Crippen molar-refractivity contribution in [1.82, 2.24) is 4.98 Å². The highest BCUT2D eigenvalue weighted by Crippen LogP contribution is 2.42. The van der Waals surface area contributed by atoms with E-state index in [0.717, 1.165) is 15.6 Å². The number of carbonyl (C=O) groups is 1. The molecule has 1 aromatic heterocycles. The second-order valence-corrected chi connectivity index (χ2v) is 5.81. The van der Waals surface area contributed by atoms with Gasteiger partial charge in [-0.1, -0.05) is 35.1 Å². The lowest BCUT2D eigenvalue weighted by atomic mass is 9.92. The molecule has 98 valence electrons. The van der Waals surface area contributed by atoms with Gasteiger partial charge in [-0.3, -0.25) is 4.79 Å². The normalized spacial score (nSPS) is 17.8. The van der Waals surface area contributed by atoms with Crippen LogP contribution in [0.5, 0.6) is 0 Å². The van der Waals surface area contributed by atoms with Crippen molar-refractivity contribution in [2.45, 2.75) is 12.3 Å². The summed E-state index contributed by atoms with van der Waals surface area (Å²) in [5.74, 6) is 0.728. The molecule has 1 aliphatic heterocycles. The molecular formula is C13H12ClN3OS. The van der Waals surface area contributed by atoms with Gasteiger partial charge in [-0.05, 0) is 17.7 Å². The monoisotopic (exact) mass is 293 g/mol. The maximum absolute atomic E-state index is 11.8. The van der Waals surface area contributed by atoms with E-state index in [1.165, 1.54) is 0 Å². The van der Waals surface area contributed by atoms with Crippen molar-refractivity contribution >= 4 is 39.8 Å². The molecule has 0 bridgehead atoms. The number of hydrogen-bond donors (Lipinski definition) is 2. The molecule has 1 aliphatic rings. The van der Waals surface area contributed by atoms with Crippen LogP contribution in [0.25, 0.3) is 0 Å². The molecule has 2 N–H and O–H groups in total. The SMILES string of the molecule is CNc1nc2c(s1)C(c1ccc(Cl)cc1)CC(=O)N2. The van der Waals surface area contributed by atoms with Crippen LogP contribution in [0.3, 0.4) is 0 Å². The van der Waals surface area contributed by atoms with E-state index in [4.69, 9.17) is 11.6 Å². The highest BCUT2D eigenvalue weighted by Gasteiger charge is 2.30. The van der Waals surface area contributed by atoms with E-state index in [1.807, 2.05) is 31.3 Å². The van der Waals surface area contributed by atoms with Crippen molar-refractivity contribution in [3.05, 3.63) is 39.7 Å². The van der Waals surface area contributed by atoms with E-state index in [0.29, 0.717) is 17.3 Å². The van der Waals surface area contributed by atoms with Crippen molar-refractivity contribution in [3.63, 3.8) is 0 Å². The number of amides is 1. The summed E-state index contributed by atoms with van der Waals surface area (Å²) < 4.78 is 0. The number of halogens is 1. The number of hydrogen-bond acceptors (Lipinski definition) is 4. The highest BCUT2D eigenvalue weighted by atomic mass is 35.5. The summed E-state index contributed by atoms with van der Waals surface area (Å²) in [6.45, 7) is 0. The van der Waals surface area contributed by atoms with Gasteiger partial charge in [-0.25, -0.2) is 4.98 Å². The van der Waals surface area contributed by atoms with E-state index in [-0.39, 0.29) is 11.8 Å². The molecule has 1 atom stereocenters. The lowest BCUT2D eigenvalue weighted by Crippen LogP contribution is -2.22. The smallest absolute Gasteiger partial charge is 0.226 e. The van der Waals surface area contributed by atoms with Crippen molar-refractivity contribution in [2.75, 3.05) is 17.7 Å². The van der Waals surface area contributed by atoms with Gasteiger partial charge in [0.15, 0.2) is 5.13 Å². The molecule has 2 heterocycles. The average molecular weight is 294 g/mol. The third kappa shape index (κ3) is 2.31. The summed E-state index contributed by atoms with van der Waals surface area (Å²) in [5.41, 5.74) is 1.09. The summed E-state index contributed by atoms with van der Waals surface area (Å²) in [6.07, 6.45) is 0.444. The molecular weight excluding hydrogens is 282 g/mol. The second-order valence-electron chi connectivity index (χ2n) is 4.34. The van der Waals surface area contributed by atoms with Gasteiger partial charge >= 0.3 is 0 Å². The third-order valence-electron chi connectivity index (χ3n) is 3.10. The Morgan fingerprint density at radius 3 is 2.84 bits per heavy atom. The zero-order valence-electron chi connectivity index (χ0n) is 10.2.